The average molecular weight is 406 g/mol. The summed E-state index contributed by atoms with van der Waals surface area (Å²) in [6.45, 7) is 4.22. The van der Waals surface area contributed by atoms with Crippen molar-refractivity contribution in [2.45, 2.75) is 39.5 Å². The zero-order valence-electron chi connectivity index (χ0n) is 16.3. The molecule has 0 saturated carbocycles. The van der Waals surface area contributed by atoms with Crippen LogP contribution >= 0.6 is 0 Å². The Hall–Kier alpha value is -3.27. The lowest BCUT2D eigenvalue weighted by Crippen LogP contribution is -2.53. The molecule has 2 rings (SSSR count). The van der Waals surface area contributed by atoms with Gasteiger partial charge < -0.3 is 25.6 Å². The normalized spacial score (nSPS) is 12.7. The number of rotatable bonds is 8. The van der Waals surface area contributed by atoms with Gasteiger partial charge in [0.15, 0.2) is 5.69 Å². The van der Waals surface area contributed by atoms with Gasteiger partial charge >= 0.3 is 0 Å². The lowest BCUT2D eigenvalue weighted by Gasteiger charge is -2.20. The van der Waals surface area contributed by atoms with E-state index in [0.29, 0.717) is 11.3 Å². The molecule has 2 aromatic rings. The third kappa shape index (κ3) is 6.39. The molecule has 29 heavy (non-hydrogen) atoms. The molecule has 4 N–H and O–H groups in total. The SMILES string of the molecule is Cc1ccc(CNC(=O)CNC(=O)C(NC(=O)c2cc(C)on2)C(C)O)c(F)c1. The van der Waals surface area contributed by atoms with Crippen LogP contribution in [0.15, 0.2) is 28.8 Å². The number of aromatic nitrogens is 1. The van der Waals surface area contributed by atoms with Crippen LogP contribution in [0.5, 0.6) is 0 Å². The minimum atomic E-state index is -1.30. The van der Waals surface area contributed by atoms with E-state index < -0.39 is 42.2 Å². The van der Waals surface area contributed by atoms with Gasteiger partial charge in [0.25, 0.3) is 5.91 Å². The van der Waals surface area contributed by atoms with Crippen LogP contribution in [0.2, 0.25) is 0 Å². The number of carbonyl (C=O) groups excluding carboxylic acids is 3. The number of nitrogens with zero attached hydrogens (tertiary/aromatic N) is 1. The summed E-state index contributed by atoms with van der Waals surface area (Å²) in [7, 11) is 0. The summed E-state index contributed by atoms with van der Waals surface area (Å²) in [5.41, 5.74) is 1.03. The molecule has 0 spiro atoms. The van der Waals surface area contributed by atoms with Crippen molar-refractivity contribution >= 4 is 17.7 Å². The molecule has 9 nitrogen and oxygen atoms in total. The number of hydrogen-bond acceptors (Lipinski definition) is 6. The number of nitrogens with one attached hydrogen (secondary N) is 3. The Morgan fingerprint density at radius 3 is 2.52 bits per heavy atom. The number of hydrogen-bond donors (Lipinski definition) is 4. The van der Waals surface area contributed by atoms with E-state index in [-0.39, 0.29) is 12.2 Å². The van der Waals surface area contributed by atoms with E-state index in [9.17, 15) is 23.9 Å². The van der Waals surface area contributed by atoms with Crippen LogP contribution < -0.4 is 16.0 Å². The van der Waals surface area contributed by atoms with Gasteiger partial charge in [-0.05, 0) is 32.4 Å². The van der Waals surface area contributed by atoms with E-state index in [4.69, 9.17) is 4.52 Å². The monoisotopic (exact) mass is 406 g/mol. The summed E-state index contributed by atoms with van der Waals surface area (Å²) in [6, 6.07) is 4.72. The maximum atomic E-state index is 13.8. The number of aliphatic hydroxyl groups excluding tert-OH is 1. The van der Waals surface area contributed by atoms with Gasteiger partial charge in [-0.2, -0.15) is 0 Å². The summed E-state index contributed by atoms with van der Waals surface area (Å²) in [6.07, 6.45) is -1.23. The van der Waals surface area contributed by atoms with Gasteiger partial charge in [-0.15, -0.1) is 0 Å². The van der Waals surface area contributed by atoms with Crippen molar-refractivity contribution < 1.29 is 28.4 Å². The summed E-state index contributed by atoms with van der Waals surface area (Å²) in [4.78, 5) is 36.3. The molecular weight excluding hydrogens is 383 g/mol. The van der Waals surface area contributed by atoms with E-state index in [0.717, 1.165) is 5.56 Å². The molecule has 10 heteroatoms. The molecule has 1 aromatic carbocycles. The lowest BCUT2D eigenvalue weighted by molar-refractivity contribution is -0.128. The highest BCUT2D eigenvalue weighted by molar-refractivity contribution is 5.97. The van der Waals surface area contributed by atoms with Crippen LogP contribution in [0.4, 0.5) is 4.39 Å². The third-order valence-electron chi connectivity index (χ3n) is 4.02. The first-order chi connectivity index (χ1) is 13.7. The molecule has 0 aliphatic carbocycles. The second-order valence-corrected chi connectivity index (χ2v) is 6.60. The fourth-order valence-electron chi connectivity index (χ4n) is 2.42. The van der Waals surface area contributed by atoms with E-state index in [2.05, 4.69) is 21.1 Å². The van der Waals surface area contributed by atoms with Crippen LogP contribution in [0.1, 0.15) is 34.3 Å². The molecule has 0 fully saturated rings. The number of aliphatic hydroxyl groups is 1. The van der Waals surface area contributed by atoms with Crippen molar-refractivity contribution in [2.24, 2.45) is 0 Å². The van der Waals surface area contributed by atoms with Crippen LogP contribution in [0.25, 0.3) is 0 Å². The Morgan fingerprint density at radius 2 is 1.93 bits per heavy atom. The predicted octanol–water partition coefficient (Wildman–Crippen LogP) is 0.342. The average Bonchev–Trinajstić information content (AvgIpc) is 3.09. The Balaban J connectivity index is 1.85. The van der Waals surface area contributed by atoms with Crippen molar-refractivity contribution in [3.05, 3.63) is 52.7 Å². The van der Waals surface area contributed by atoms with Gasteiger partial charge in [0, 0.05) is 18.2 Å². The van der Waals surface area contributed by atoms with E-state index in [1.165, 1.54) is 19.1 Å². The van der Waals surface area contributed by atoms with Crippen LogP contribution in [-0.4, -0.2) is 46.7 Å². The fraction of sp³-hybridized carbons (Fsp3) is 0.368. The highest BCUT2D eigenvalue weighted by Crippen LogP contribution is 2.09. The molecular formula is C19H23FN4O5. The van der Waals surface area contributed by atoms with Crippen LogP contribution in [0.3, 0.4) is 0 Å². The number of aryl methyl sites for hydroxylation is 2. The zero-order chi connectivity index (χ0) is 21.6. The molecule has 0 aliphatic rings. The van der Waals surface area contributed by atoms with E-state index in [1.54, 1.807) is 26.0 Å². The fourth-order valence-corrected chi connectivity index (χ4v) is 2.42. The Kier molecular flexibility index (Phi) is 7.43. The minimum absolute atomic E-state index is 0.0388. The van der Waals surface area contributed by atoms with Crippen molar-refractivity contribution in [3.8, 4) is 0 Å². The summed E-state index contributed by atoms with van der Waals surface area (Å²) >= 11 is 0. The van der Waals surface area contributed by atoms with Gasteiger partial charge in [-0.1, -0.05) is 17.3 Å². The van der Waals surface area contributed by atoms with Crippen LogP contribution in [-0.2, 0) is 16.1 Å². The largest absolute Gasteiger partial charge is 0.391 e. The smallest absolute Gasteiger partial charge is 0.274 e. The standard InChI is InChI=1S/C19H23FN4O5/c1-10-4-5-13(14(20)6-10)8-21-16(26)9-22-19(28)17(12(3)25)23-18(27)15-7-11(2)29-24-15/h4-7,12,17,25H,8-9H2,1-3H3,(H,21,26)(H,22,28)(H,23,27). The number of carbonyl (C=O) groups is 3. The molecule has 2 unspecified atom stereocenters. The highest BCUT2D eigenvalue weighted by Gasteiger charge is 2.27. The molecule has 1 aromatic heterocycles. The predicted molar refractivity (Wildman–Crippen MR) is 100 cm³/mol. The molecule has 0 aliphatic heterocycles. The molecule has 1 heterocycles. The van der Waals surface area contributed by atoms with Crippen LogP contribution in [0, 0.1) is 19.7 Å². The maximum Gasteiger partial charge on any atom is 0.274 e. The first-order valence-corrected chi connectivity index (χ1v) is 8.89. The second kappa shape index (κ2) is 9.78. The minimum Gasteiger partial charge on any atom is -0.391 e. The number of amides is 3. The van der Waals surface area contributed by atoms with Crippen molar-refractivity contribution in [1.82, 2.24) is 21.1 Å². The van der Waals surface area contributed by atoms with Gasteiger partial charge in [0.1, 0.15) is 17.6 Å². The first-order valence-electron chi connectivity index (χ1n) is 8.89. The Bertz CT molecular complexity index is 896. The second-order valence-electron chi connectivity index (χ2n) is 6.60. The zero-order valence-corrected chi connectivity index (χ0v) is 16.3. The Morgan fingerprint density at radius 1 is 1.21 bits per heavy atom. The maximum absolute atomic E-state index is 13.8. The summed E-state index contributed by atoms with van der Waals surface area (Å²) in [5, 5.41) is 20.5. The quantitative estimate of drug-likeness (QED) is 0.500. The molecule has 0 saturated heterocycles. The van der Waals surface area contributed by atoms with Gasteiger partial charge in [-0.3, -0.25) is 14.4 Å². The molecule has 3 amide bonds. The first kappa shape index (κ1) is 22.0. The molecule has 156 valence electrons. The highest BCUT2D eigenvalue weighted by atomic mass is 19.1. The molecule has 2 atom stereocenters. The van der Waals surface area contributed by atoms with E-state index in [1.807, 2.05) is 0 Å². The topological polar surface area (TPSA) is 134 Å². The summed E-state index contributed by atoms with van der Waals surface area (Å²) in [5.74, 6) is -2.04. The Labute approximate surface area is 166 Å². The van der Waals surface area contributed by atoms with Gasteiger partial charge in [0.05, 0.1) is 12.6 Å². The van der Waals surface area contributed by atoms with Crippen molar-refractivity contribution in [1.29, 1.82) is 0 Å². The van der Waals surface area contributed by atoms with Gasteiger partial charge in [0.2, 0.25) is 11.8 Å². The number of halogens is 1. The summed E-state index contributed by atoms with van der Waals surface area (Å²) < 4.78 is 18.6. The molecule has 0 bridgehead atoms. The van der Waals surface area contributed by atoms with Crippen molar-refractivity contribution in [3.63, 3.8) is 0 Å². The number of benzene rings is 1. The van der Waals surface area contributed by atoms with Crippen molar-refractivity contribution in [2.75, 3.05) is 6.54 Å². The molecule has 0 radical (unpaired) electrons. The van der Waals surface area contributed by atoms with Gasteiger partial charge in [-0.25, -0.2) is 4.39 Å². The lowest BCUT2D eigenvalue weighted by atomic mass is 10.1. The van der Waals surface area contributed by atoms with E-state index >= 15 is 0 Å². The third-order valence-corrected chi connectivity index (χ3v) is 4.02.